The lowest BCUT2D eigenvalue weighted by Gasteiger charge is -2.33. The second kappa shape index (κ2) is 6.50. The molecule has 4 nitrogen and oxygen atoms in total. The van der Waals surface area contributed by atoms with Crippen molar-refractivity contribution in [1.82, 2.24) is 9.62 Å². The second-order valence-corrected chi connectivity index (χ2v) is 8.23. The lowest BCUT2D eigenvalue weighted by Crippen LogP contribution is -2.43. The summed E-state index contributed by atoms with van der Waals surface area (Å²) in [6.07, 6.45) is 0.842. The van der Waals surface area contributed by atoms with E-state index in [4.69, 9.17) is 0 Å². The van der Waals surface area contributed by atoms with Crippen LogP contribution in [0, 0.1) is 17.7 Å². The minimum absolute atomic E-state index is 0. The molecule has 2 atom stereocenters. The minimum Gasteiger partial charge on any atom is -0.316 e. The van der Waals surface area contributed by atoms with E-state index in [1.807, 2.05) is 0 Å². The van der Waals surface area contributed by atoms with Crippen LogP contribution < -0.4 is 5.32 Å². The van der Waals surface area contributed by atoms with Gasteiger partial charge in [0.2, 0.25) is 10.0 Å². The predicted molar refractivity (Wildman–Crippen MR) is 84.6 cm³/mol. The quantitative estimate of drug-likeness (QED) is 0.830. The summed E-state index contributed by atoms with van der Waals surface area (Å²) in [5, 5.41) is 3.29. The molecule has 1 aromatic rings. The van der Waals surface area contributed by atoms with Crippen molar-refractivity contribution in [2.24, 2.45) is 11.8 Å². The van der Waals surface area contributed by atoms with Crippen molar-refractivity contribution >= 4 is 38.4 Å². The fourth-order valence-electron chi connectivity index (χ4n) is 3.04. The van der Waals surface area contributed by atoms with E-state index in [9.17, 15) is 12.8 Å². The summed E-state index contributed by atoms with van der Waals surface area (Å²) in [6.45, 7) is 2.76. The van der Waals surface area contributed by atoms with Crippen LogP contribution in [-0.2, 0) is 10.0 Å². The summed E-state index contributed by atoms with van der Waals surface area (Å²) >= 11 is 3.14. The van der Waals surface area contributed by atoms with Crippen LogP contribution in [0.4, 0.5) is 4.39 Å². The van der Waals surface area contributed by atoms with Crippen LogP contribution in [0.5, 0.6) is 0 Å². The summed E-state index contributed by atoms with van der Waals surface area (Å²) < 4.78 is 41.0. The van der Waals surface area contributed by atoms with Gasteiger partial charge in [-0.25, -0.2) is 12.8 Å². The van der Waals surface area contributed by atoms with Crippen molar-refractivity contribution in [2.75, 3.05) is 26.2 Å². The Morgan fingerprint density at radius 3 is 2.71 bits per heavy atom. The molecule has 2 aliphatic rings. The standard InChI is InChI=1S/C13H16BrFN2O2S.ClH/c14-11-1-2-13(12(15)5-11)20(18,19)17-4-3-9-6-16-7-10(9)8-17;/h1-2,5,9-10,16H,3-4,6-8H2;1H. The number of piperidine rings is 1. The number of nitrogens with zero attached hydrogens (tertiary/aromatic N) is 1. The molecule has 0 spiro atoms. The third-order valence-electron chi connectivity index (χ3n) is 4.18. The first-order valence-corrected chi connectivity index (χ1v) is 8.87. The third kappa shape index (κ3) is 3.27. The first kappa shape index (κ1) is 17.1. The number of rotatable bonds is 2. The Labute approximate surface area is 138 Å². The SMILES string of the molecule is Cl.O=S(=O)(c1ccc(Br)cc1F)N1CCC2CNCC2C1. The number of benzene rings is 1. The Morgan fingerprint density at radius 2 is 2.00 bits per heavy atom. The Kier molecular flexibility index (Phi) is 5.31. The van der Waals surface area contributed by atoms with Gasteiger partial charge in [-0.15, -0.1) is 12.4 Å². The van der Waals surface area contributed by atoms with Crippen molar-refractivity contribution in [2.45, 2.75) is 11.3 Å². The molecule has 21 heavy (non-hydrogen) atoms. The van der Waals surface area contributed by atoms with E-state index in [1.165, 1.54) is 16.4 Å². The van der Waals surface area contributed by atoms with Gasteiger partial charge >= 0.3 is 0 Å². The van der Waals surface area contributed by atoms with Gasteiger partial charge in [0, 0.05) is 17.6 Å². The molecule has 3 rings (SSSR count). The fraction of sp³-hybridized carbons (Fsp3) is 0.538. The Hall–Kier alpha value is -0.210. The second-order valence-electron chi connectivity index (χ2n) is 5.40. The Bertz CT molecular complexity index is 629. The zero-order valence-corrected chi connectivity index (χ0v) is 14.5. The van der Waals surface area contributed by atoms with Gasteiger partial charge in [-0.05, 0) is 49.5 Å². The molecule has 0 aliphatic carbocycles. The Balaban J connectivity index is 0.00000161. The average molecular weight is 400 g/mol. The summed E-state index contributed by atoms with van der Waals surface area (Å²) in [5.74, 6) is 0.194. The van der Waals surface area contributed by atoms with Gasteiger partial charge < -0.3 is 5.32 Å². The smallest absolute Gasteiger partial charge is 0.245 e. The molecule has 0 saturated carbocycles. The predicted octanol–water partition coefficient (Wildman–Crippen LogP) is 2.24. The molecule has 2 aliphatic heterocycles. The molecule has 2 saturated heterocycles. The van der Waals surface area contributed by atoms with Gasteiger partial charge in [-0.2, -0.15) is 4.31 Å². The molecule has 0 bridgehead atoms. The van der Waals surface area contributed by atoms with Crippen molar-refractivity contribution in [3.05, 3.63) is 28.5 Å². The molecule has 2 heterocycles. The molecule has 1 aromatic carbocycles. The zero-order chi connectivity index (χ0) is 14.3. The van der Waals surface area contributed by atoms with Gasteiger partial charge in [-0.1, -0.05) is 15.9 Å². The Morgan fingerprint density at radius 1 is 1.29 bits per heavy atom. The van der Waals surface area contributed by atoms with Crippen molar-refractivity contribution in [1.29, 1.82) is 0 Å². The highest BCUT2D eigenvalue weighted by Crippen LogP contribution is 2.31. The van der Waals surface area contributed by atoms with Crippen molar-refractivity contribution < 1.29 is 12.8 Å². The molecular formula is C13H17BrClFN2O2S. The molecule has 8 heteroatoms. The monoisotopic (exact) mass is 398 g/mol. The number of sulfonamides is 1. The normalized spacial score (nSPS) is 26.2. The van der Waals surface area contributed by atoms with Crippen LogP contribution in [0.2, 0.25) is 0 Å². The maximum atomic E-state index is 13.9. The highest BCUT2D eigenvalue weighted by Gasteiger charge is 2.38. The van der Waals surface area contributed by atoms with Crippen LogP contribution in [-0.4, -0.2) is 38.9 Å². The number of nitrogens with one attached hydrogen (secondary N) is 1. The molecule has 2 fully saturated rings. The van der Waals surface area contributed by atoms with Crippen LogP contribution in [0.1, 0.15) is 6.42 Å². The summed E-state index contributed by atoms with van der Waals surface area (Å²) in [4.78, 5) is -0.231. The molecular weight excluding hydrogens is 383 g/mol. The van der Waals surface area contributed by atoms with Gasteiger partial charge in [0.15, 0.2) is 0 Å². The van der Waals surface area contributed by atoms with Gasteiger partial charge in [0.05, 0.1) is 0 Å². The van der Waals surface area contributed by atoms with Crippen LogP contribution in [0.3, 0.4) is 0 Å². The number of hydrogen-bond acceptors (Lipinski definition) is 3. The first-order chi connectivity index (χ1) is 9.48. The van der Waals surface area contributed by atoms with E-state index in [0.29, 0.717) is 29.4 Å². The van der Waals surface area contributed by atoms with Gasteiger partial charge in [-0.3, -0.25) is 0 Å². The highest BCUT2D eigenvalue weighted by atomic mass is 79.9. The van der Waals surface area contributed by atoms with Crippen LogP contribution in [0.15, 0.2) is 27.6 Å². The maximum Gasteiger partial charge on any atom is 0.245 e. The van der Waals surface area contributed by atoms with E-state index in [2.05, 4.69) is 21.2 Å². The van der Waals surface area contributed by atoms with Gasteiger partial charge in [0.25, 0.3) is 0 Å². The fourth-order valence-corrected chi connectivity index (χ4v) is 4.93. The maximum absolute atomic E-state index is 13.9. The summed E-state index contributed by atoms with van der Waals surface area (Å²) in [6, 6.07) is 4.07. The summed E-state index contributed by atoms with van der Waals surface area (Å²) in [5.41, 5.74) is 0. The number of fused-ring (bicyclic) bond motifs is 1. The lowest BCUT2D eigenvalue weighted by atomic mass is 9.90. The van der Waals surface area contributed by atoms with E-state index in [0.717, 1.165) is 19.5 Å². The summed E-state index contributed by atoms with van der Waals surface area (Å²) in [7, 11) is -3.74. The highest BCUT2D eigenvalue weighted by molar-refractivity contribution is 9.10. The molecule has 118 valence electrons. The first-order valence-electron chi connectivity index (χ1n) is 6.64. The molecule has 0 aromatic heterocycles. The molecule has 2 unspecified atom stereocenters. The topological polar surface area (TPSA) is 49.4 Å². The van der Waals surface area contributed by atoms with Crippen molar-refractivity contribution in [3.8, 4) is 0 Å². The minimum atomic E-state index is -3.74. The average Bonchev–Trinajstić information content (AvgIpc) is 2.85. The van der Waals surface area contributed by atoms with E-state index >= 15 is 0 Å². The lowest BCUT2D eigenvalue weighted by molar-refractivity contribution is 0.227. The third-order valence-corrected chi connectivity index (χ3v) is 6.57. The van der Waals surface area contributed by atoms with E-state index in [1.54, 1.807) is 6.07 Å². The van der Waals surface area contributed by atoms with Gasteiger partial charge in [0.1, 0.15) is 10.7 Å². The molecule has 0 amide bonds. The van der Waals surface area contributed by atoms with E-state index in [-0.39, 0.29) is 17.3 Å². The zero-order valence-electron chi connectivity index (χ0n) is 11.3. The van der Waals surface area contributed by atoms with Crippen LogP contribution >= 0.6 is 28.3 Å². The number of halogens is 3. The van der Waals surface area contributed by atoms with E-state index < -0.39 is 15.8 Å². The number of hydrogen-bond donors (Lipinski definition) is 1. The largest absolute Gasteiger partial charge is 0.316 e. The van der Waals surface area contributed by atoms with Crippen molar-refractivity contribution in [3.63, 3.8) is 0 Å². The molecule has 0 radical (unpaired) electrons. The van der Waals surface area contributed by atoms with Crippen LogP contribution in [0.25, 0.3) is 0 Å². The molecule has 1 N–H and O–H groups in total.